The van der Waals surface area contributed by atoms with Gasteiger partial charge < -0.3 is 4.98 Å². The maximum Gasteiger partial charge on any atom is 0.267 e. The summed E-state index contributed by atoms with van der Waals surface area (Å²) in [5.74, 6) is -0.489. The molecule has 0 amide bonds. The first-order valence-corrected chi connectivity index (χ1v) is 6.54. The first-order chi connectivity index (χ1) is 10.7. The van der Waals surface area contributed by atoms with E-state index in [0.717, 1.165) is 0 Å². The van der Waals surface area contributed by atoms with Crippen LogP contribution in [0.15, 0.2) is 59.5 Å². The minimum absolute atomic E-state index is 0.121. The number of pyridine rings is 2. The molecule has 2 heterocycles. The fourth-order valence-corrected chi connectivity index (χ4v) is 2.22. The molecule has 4 nitrogen and oxygen atoms in total. The zero-order chi connectivity index (χ0) is 15.5. The van der Waals surface area contributed by atoms with Crippen LogP contribution in [0.4, 0.5) is 4.39 Å². The Morgan fingerprint density at radius 2 is 1.86 bits per heavy atom. The van der Waals surface area contributed by atoms with Crippen LogP contribution in [0.1, 0.15) is 5.56 Å². The monoisotopic (exact) mass is 291 g/mol. The summed E-state index contributed by atoms with van der Waals surface area (Å²) in [6.45, 7) is 0. The lowest BCUT2D eigenvalue weighted by Crippen LogP contribution is -2.13. The fourth-order valence-electron chi connectivity index (χ4n) is 2.22. The SMILES string of the molecule is N#Cc1c(-c2ccccc2F)cc(-c2ccccn2)[nH]c1=O. The summed E-state index contributed by atoms with van der Waals surface area (Å²) in [6.07, 6.45) is 1.59. The van der Waals surface area contributed by atoms with Gasteiger partial charge in [0, 0.05) is 17.3 Å². The zero-order valence-corrected chi connectivity index (χ0v) is 11.4. The molecule has 1 aromatic carbocycles. The van der Waals surface area contributed by atoms with Gasteiger partial charge >= 0.3 is 0 Å². The van der Waals surface area contributed by atoms with Crippen LogP contribution in [-0.2, 0) is 0 Å². The second-order valence-electron chi connectivity index (χ2n) is 4.61. The van der Waals surface area contributed by atoms with Crippen LogP contribution in [0.2, 0.25) is 0 Å². The molecule has 0 atom stereocenters. The van der Waals surface area contributed by atoms with Gasteiger partial charge in [-0.15, -0.1) is 0 Å². The van der Waals surface area contributed by atoms with Crippen LogP contribution in [0.5, 0.6) is 0 Å². The summed E-state index contributed by atoms with van der Waals surface area (Å²) in [5.41, 5.74) is 0.755. The first kappa shape index (κ1) is 13.7. The Morgan fingerprint density at radius 1 is 1.09 bits per heavy atom. The average Bonchev–Trinajstić information content (AvgIpc) is 2.55. The summed E-state index contributed by atoms with van der Waals surface area (Å²) in [7, 11) is 0. The predicted octanol–water partition coefficient (Wildman–Crippen LogP) is 3.11. The van der Waals surface area contributed by atoms with E-state index in [2.05, 4.69) is 9.97 Å². The van der Waals surface area contributed by atoms with Crippen LogP contribution in [0, 0.1) is 17.1 Å². The highest BCUT2D eigenvalue weighted by Gasteiger charge is 2.15. The van der Waals surface area contributed by atoms with Crippen molar-refractivity contribution in [1.82, 2.24) is 9.97 Å². The molecular formula is C17H10FN3O. The molecule has 0 unspecified atom stereocenters. The molecule has 106 valence electrons. The van der Waals surface area contributed by atoms with Crippen molar-refractivity contribution in [2.75, 3.05) is 0 Å². The maximum atomic E-state index is 14.0. The Hall–Kier alpha value is -3.26. The topological polar surface area (TPSA) is 69.5 Å². The van der Waals surface area contributed by atoms with Gasteiger partial charge in [-0.25, -0.2) is 4.39 Å². The Kier molecular flexibility index (Phi) is 3.50. The molecule has 0 radical (unpaired) electrons. The van der Waals surface area contributed by atoms with Crippen molar-refractivity contribution in [1.29, 1.82) is 5.26 Å². The minimum Gasteiger partial charge on any atom is -0.319 e. The number of hydrogen-bond acceptors (Lipinski definition) is 3. The molecule has 0 aliphatic carbocycles. The number of rotatable bonds is 2. The van der Waals surface area contributed by atoms with E-state index in [1.54, 1.807) is 42.6 Å². The Balaban J connectivity index is 2.30. The molecule has 0 bridgehead atoms. The highest BCUT2D eigenvalue weighted by molar-refractivity contribution is 5.74. The molecule has 0 aliphatic heterocycles. The van der Waals surface area contributed by atoms with E-state index in [9.17, 15) is 14.4 Å². The summed E-state index contributed by atoms with van der Waals surface area (Å²) >= 11 is 0. The van der Waals surface area contributed by atoms with E-state index >= 15 is 0 Å². The average molecular weight is 291 g/mol. The largest absolute Gasteiger partial charge is 0.319 e. The van der Waals surface area contributed by atoms with Gasteiger partial charge in [-0.05, 0) is 24.3 Å². The van der Waals surface area contributed by atoms with Crippen LogP contribution >= 0.6 is 0 Å². The smallest absolute Gasteiger partial charge is 0.267 e. The number of nitriles is 1. The molecular weight excluding hydrogens is 281 g/mol. The van der Waals surface area contributed by atoms with Crippen molar-refractivity contribution in [3.63, 3.8) is 0 Å². The van der Waals surface area contributed by atoms with Gasteiger partial charge in [-0.3, -0.25) is 9.78 Å². The van der Waals surface area contributed by atoms with Gasteiger partial charge in [0.15, 0.2) is 0 Å². The predicted molar refractivity (Wildman–Crippen MR) is 80.4 cm³/mol. The minimum atomic E-state index is -0.566. The van der Waals surface area contributed by atoms with Gasteiger partial charge in [0.2, 0.25) is 0 Å². The Morgan fingerprint density at radius 3 is 2.55 bits per heavy atom. The number of hydrogen-bond donors (Lipinski definition) is 1. The van der Waals surface area contributed by atoms with Gasteiger partial charge in [0.05, 0.1) is 11.4 Å². The van der Waals surface area contributed by atoms with Crippen LogP contribution in [0.3, 0.4) is 0 Å². The normalized spacial score (nSPS) is 10.2. The fraction of sp³-hybridized carbons (Fsp3) is 0. The number of halogens is 1. The zero-order valence-electron chi connectivity index (χ0n) is 11.4. The maximum absolute atomic E-state index is 14.0. The van der Waals surface area contributed by atoms with E-state index in [0.29, 0.717) is 11.4 Å². The van der Waals surface area contributed by atoms with Crippen molar-refractivity contribution in [2.24, 2.45) is 0 Å². The number of aromatic nitrogens is 2. The quantitative estimate of drug-likeness (QED) is 0.788. The Bertz CT molecular complexity index is 927. The summed E-state index contributed by atoms with van der Waals surface area (Å²) in [4.78, 5) is 18.9. The van der Waals surface area contributed by atoms with E-state index in [-0.39, 0.29) is 16.7 Å². The third kappa shape index (κ3) is 2.38. The number of nitrogens with one attached hydrogen (secondary N) is 1. The van der Waals surface area contributed by atoms with Crippen molar-refractivity contribution < 1.29 is 4.39 Å². The van der Waals surface area contributed by atoms with E-state index < -0.39 is 11.4 Å². The third-order valence-electron chi connectivity index (χ3n) is 3.25. The van der Waals surface area contributed by atoms with Gasteiger partial charge in [-0.1, -0.05) is 24.3 Å². The van der Waals surface area contributed by atoms with Crippen LogP contribution < -0.4 is 5.56 Å². The van der Waals surface area contributed by atoms with Crippen LogP contribution in [-0.4, -0.2) is 9.97 Å². The second kappa shape index (κ2) is 5.62. The van der Waals surface area contributed by atoms with E-state index in [4.69, 9.17) is 0 Å². The number of aromatic amines is 1. The number of nitrogens with zero attached hydrogens (tertiary/aromatic N) is 2. The molecule has 1 N–H and O–H groups in total. The molecule has 0 fully saturated rings. The molecule has 0 aliphatic rings. The Labute approximate surface area is 125 Å². The lowest BCUT2D eigenvalue weighted by Gasteiger charge is -2.08. The number of benzene rings is 1. The highest BCUT2D eigenvalue weighted by Crippen LogP contribution is 2.27. The third-order valence-corrected chi connectivity index (χ3v) is 3.25. The summed E-state index contributed by atoms with van der Waals surface area (Å²) in [5, 5.41) is 9.20. The van der Waals surface area contributed by atoms with Crippen molar-refractivity contribution in [3.05, 3.63) is 76.5 Å². The molecule has 0 spiro atoms. The van der Waals surface area contributed by atoms with E-state index in [1.165, 1.54) is 12.1 Å². The van der Waals surface area contributed by atoms with Crippen molar-refractivity contribution in [2.45, 2.75) is 0 Å². The lowest BCUT2D eigenvalue weighted by atomic mass is 10.00. The van der Waals surface area contributed by atoms with Crippen molar-refractivity contribution in [3.8, 4) is 28.6 Å². The summed E-state index contributed by atoms with van der Waals surface area (Å²) < 4.78 is 14.0. The second-order valence-corrected chi connectivity index (χ2v) is 4.61. The molecule has 3 aromatic rings. The number of H-pyrrole nitrogens is 1. The molecule has 0 saturated heterocycles. The molecule has 0 saturated carbocycles. The standard InChI is InChI=1S/C17H10FN3O/c18-14-6-2-1-5-11(14)12-9-16(15-7-3-4-8-20-15)21-17(22)13(12)10-19/h1-9H,(H,21,22). The first-order valence-electron chi connectivity index (χ1n) is 6.54. The van der Waals surface area contributed by atoms with Gasteiger partial charge in [-0.2, -0.15) is 5.26 Å². The summed E-state index contributed by atoms with van der Waals surface area (Å²) in [6, 6.07) is 14.7. The lowest BCUT2D eigenvalue weighted by molar-refractivity contribution is 0.631. The van der Waals surface area contributed by atoms with Gasteiger partial charge in [0.25, 0.3) is 5.56 Å². The van der Waals surface area contributed by atoms with Gasteiger partial charge in [0.1, 0.15) is 17.4 Å². The van der Waals surface area contributed by atoms with Crippen LogP contribution in [0.25, 0.3) is 22.5 Å². The van der Waals surface area contributed by atoms with E-state index in [1.807, 2.05) is 6.07 Å². The molecule has 5 heteroatoms. The highest BCUT2D eigenvalue weighted by atomic mass is 19.1. The molecule has 22 heavy (non-hydrogen) atoms. The van der Waals surface area contributed by atoms with Crippen molar-refractivity contribution >= 4 is 0 Å². The molecule has 3 rings (SSSR count). The molecule has 2 aromatic heterocycles.